The zero-order chi connectivity index (χ0) is 12.4. The lowest BCUT2D eigenvalue weighted by atomic mass is 10.1. The molecule has 0 aromatic carbocycles. The Hall–Kier alpha value is -0.950. The average molecular weight is 281 g/mol. The molecular weight excluding hydrogens is 266 g/mol. The highest BCUT2D eigenvalue weighted by molar-refractivity contribution is 7.99. The Labute approximate surface area is 114 Å². The summed E-state index contributed by atoms with van der Waals surface area (Å²) in [7, 11) is 0. The summed E-state index contributed by atoms with van der Waals surface area (Å²) in [6, 6.07) is 0.522. The molecule has 7 heteroatoms. The summed E-state index contributed by atoms with van der Waals surface area (Å²) < 4.78 is 0. The number of H-pyrrole nitrogens is 1. The minimum Gasteiger partial charge on any atom is -0.367 e. The van der Waals surface area contributed by atoms with E-state index in [4.69, 9.17) is 0 Å². The van der Waals surface area contributed by atoms with Gasteiger partial charge in [0.15, 0.2) is 5.65 Å². The number of aromatic nitrogens is 4. The van der Waals surface area contributed by atoms with Gasteiger partial charge in [0.2, 0.25) is 0 Å². The number of nitrogens with one attached hydrogen (secondary N) is 2. The molecule has 96 valence electrons. The van der Waals surface area contributed by atoms with E-state index in [9.17, 15) is 0 Å². The van der Waals surface area contributed by atoms with Gasteiger partial charge in [-0.2, -0.15) is 16.9 Å². The fourth-order valence-electron chi connectivity index (χ4n) is 2.12. The number of hydrogen-bond acceptors (Lipinski definition) is 6. The van der Waals surface area contributed by atoms with Crippen molar-refractivity contribution in [2.75, 3.05) is 23.1 Å². The Morgan fingerprint density at radius 1 is 1.39 bits per heavy atom. The lowest BCUT2D eigenvalue weighted by Gasteiger charge is -2.23. The van der Waals surface area contributed by atoms with Crippen LogP contribution in [0.25, 0.3) is 11.0 Å². The van der Waals surface area contributed by atoms with Gasteiger partial charge in [-0.05, 0) is 30.6 Å². The number of aromatic amines is 1. The molecule has 0 saturated carbocycles. The molecule has 1 aliphatic rings. The minimum atomic E-state index is 0.522. The second kappa shape index (κ2) is 5.36. The molecule has 1 fully saturated rings. The lowest BCUT2D eigenvalue weighted by molar-refractivity contribution is 0.664. The fourth-order valence-corrected chi connectivity index (χ4v) is 3.77. The second-order valence-electron chi connectivity index (χ2n) is 4.21. The molecule has 3 heterocycles. The van der Waals surface area contributed by atoms with Gasteiger partial charge in [0, 0.05) is 6.04 Å². The van der Waals surface area contributed by atoms with E-state index in [-0.39, 0.29) is 0 Å². The zero-order valence-electron chi connectivity index (χ0n) is 10.1. The fraction of sp³-hybridized carbons (Fsp3) is 0.545. The normalized spacial score (nSPS) is 17.2. The van der Waals surface area contributed by atoms with Crippen molar-refractivity contribution >= 4 is 40.4 Å². The molecule has 2 aromatic heterocycles. The van der Waals surface area contributed by atoms with Crippen LogP contribution in [0.3, 0.4) is 0 Å². The van der Waals surface area contributed by atoms with Crippen molar-refractivity contribution in [2.45, 2.75) is 23.9 Å². The molecule has 1 aliphatic heterocycles. The molecule has 0 radical (unpaired) electrons. The molecule has 5 nitrogen and oxygen atoms in total. The molecule has 1 saturated heterocycles. The number of hydrogen-bond donors (Lipinski definition) is 2. The van der Waals surface area contributed by atoms with Crippen molar-refractivity contribution in [3.8, 4) is 0 Å². The first-order chi connectivity index (χ1) is 8.88. The first kappa shape index (κ1) is 12.1. The van der Waals surface area contributed by atoms with E-state index in [1.807, 2.05) is 18.0 Å². The van der Waals surface area contributed by atoms with Crippen LogP contribution in [0, 0.1) is 0 Å². The van der Waals surface area contributed by atoms with Crippen LogP contribution in [0.4, 0.5) is 5.82 Å². The largest absolute Gasteiger partial charge is 0.367 e. The predicted octanol–water partition coefficient (Wildman–Crippen LogP) is 2.38. The standard InChI is InChI=1S/C11H15N5S2/c1-17-11-8-9(12-6-13-10(8)15-16-11)14-7-2-4-18-5-3-7/h6-7H,2-5H2,1H3,(H2,12,13,14,15,16). The molecule has 0 atom stereocenters. The van der Waals surface area contributed by atoms with E-state index in [2.05, 4.69) is 25.5 Å². The summed E-state index contributed by atoms with van der Waals surface area (Å²) >= 11 is 3.64. The molecular formula is C11H15N5S2. The van der Waals surface area contributed by atoms with Gasteiger partial charge in [-0.25, -0.2) is 9.97 Å². The van der Waals surface area contributed by atoms with Crippen molar-refractivity contribution in [2.24, 2.45) is 0 Å². The summed E-state index contributed by atoms with van der Waals surface area (Å²) in [6.07, 6.45) is 6.00. The predicted molar refractivity (Wildman–Crippen MR) is 77.4 cm³/mol. The first-order valence-electron chi connectivity index (χ1n) is 5.96. The molecule has 2 N–H and O–H groups in total. The number of anilines is 1. The molecule has 0 unspecified atom stereocenters. The topological polar surface area (TPSA) is 66.5 Å². The minimum absolute atomic E-state index is 0.522. The molecule has 0 amide bonds. The number of thioether (sulfide) groups is 2. The van der Waals surface area contributed by atoms with Crippen LogP contribution in [0.1, 0.15) is 12.8 Å². The second-order valence-corrected chi connectivity index (χ2v) is 6.23. The SMILES string of the molecule is CSc1n[nH]c2ncnc(NC3CCSCC3)c12. The van der Waals surface area contributed by atoms with Gasteiger partial charge in [-0.15, -0.1) is 11.8 Å². The van der Waals surface area contributed by atoms with Gasteiger partial charge in [-0.3, -0.25) is 5.10 Å². The van der Waals surface area contributed by atoms with Crippen LogP contribution in [-0.2, 0) is 0 Å². The Morgan fingerprint density at radius 3 is 3.00 bits per heavy atom. The molecule has 0 bridgehead atoms. The van der Waals surface area contributed by atoms with Gasteiger partial charge in [-0.1, -0.05) is 0 Å². The Bertz CT molecular complexity index is 535. The van der Waals surface area contributed by atoms with Gasteiger partial charge < -0.3 is 5.32 Å². The molecule has 18 heavy (non-hydrogen) atoms. The maximum Gasteiger partial charge on any atom is 0.161 e. The van der Waals surface area contributed by atoms with Crippen LogP contribution in [0.5, 0.6) is 0 Å². The summed E-state index contributed by atoms with van der Waals surface area (Å²) in [5, 5.41) is 12.7. The van der Waals surface area contributed by atoms with Crippen molar-refractivity contribution in [3.05, 3.63) is 6.33 Å². The van der Waals surface area contributed by atoms with Crippen molar-refractivity contribution in [3.63, 3.8) is 0 Å². The van der Waals surface area contributed by atoms with Gasteiger partial charge in [0.25, 0.3) is 0 Å². The Kier molecular flexibility index (Phi) is 3.60. The first-order valence-corrected chi connectivity index (χ1v) is 8.34. The Balaban J connectivity index is 1.92. The number of nitrogens with zero attached hydrogens (tertiary/aromatic N) is 3. The molecule has 2 aromatic rings. The van der Waals surface area contributed by atoms with E-state index in [0.717, 1.165) is 21.9 Å². The summed E-state index contributed by atoms with van der Waals surface area (Å²) in [6.45, 7) is 0. The zero-order valence-corrected chi connectivity index (χ0v) is 11.8. The number of rotatable bonds is 3. The lowest BCUT2D eigenvalue weighted by Crippen LogP contribution is -2.25. The quantitative estimate of drug-likeness (QED) is 0.842. The van der Waals surface area contributed by atoms with E-state index in [0.29, 0.717) is 6.04 Å². The van der Waals surface area contributed by atoms with Gasteiger partial charge in [0.05, 0.1) is 5.39 Å². The van der Waals surface area contributed by atoms with E-state index in [1.165, 1.54) is 24.3 Å². The summed E-state index contributed by atoms with van der Waals surface area (Å²) in [4.78, 5) is 8.60. The summed E-state index contributed by atoms with van der Waals surface area (Å²) in [5.74, 6) is 3.37. The van der Waals surface area contributed by atoms with Crippen LogP contribution in [0.15, 0.2) is 11.4 Å². The third-order valence-electron chi connectivity index (χ3n) is 3.08. The van der Waals surface area contributed by atoms with Crippen LogP contribution in [0.2, 0.25) is 0 Å². The van der Waals surface area contributed by atoms with Crippen LogP contribution < -0.4 is 5.32 Å². The molecule has 3 rings (SSSR count). The summed E-state index contributed by atoms with van der Waals surface area (Å²) in [5.41, 5.74) is 0.807. The highest BCUT2D eigenvalue weighted by atomic mass is 32.2. The number of fused-ring (bicyclic) bond motifs is 1. The van der Waals surface area contributed by atoms with Crippen LogP contribution in [-0.4, -0.2) is 44.0 Å². The maximum atomic E-state index is 4.38. The van der Waals surface area contributed by atoms with E-state index < -0.39 is 0 Å². The van der Waals surface area contributed by atoms with Crippen LogP contribution >= 0.6 is 23.5 Å². The van der Waals surface area contributed by atoms with Crippen molar-refractivity contribution in [1.82, 2.24) is 20.2 Å². The van der Waals surface area contributed by atoms with Gasteiger partial charge >= 0.3 is 0 Å². The van der Waals surface area contributed by atoms with E-state index in [1.54, 1.807) is 18.1 Å². The highest BCUT2D eigenvalue weighted by Crippen LogP contribution is 2.29. The maximum absolute atomic E-state index is 4.38. The third-order valence-corrected chi connectivity index (χ3v) is 4.81. The molecule has 0 aliphatic carbocycles. The Morgan fingerprint density at radius 2 is 2.22 bits per heavy atom. The van der Waals surface area contributed by atoms with Crippen molar-refractivity contribution in [1.29, 1.82) is 0 Å². The highest BCUT2D eigenvalue weighted by Gasteiger charge is 2.17. The smallest absolute Gasteiger partial charge is 0.161 e. The van der Waals surface area contributed by atoms with Crippen molar-refractivity contribution < 1.29 is 0 Å². The third kappa shape index (κ3) is 2.29. The van der Waals surface area contributed by atoms with Gasteiger partial charge in [0.1, 0.15) is 17.2 Å². The average Bonchev–Trinajstić information content (AvgIpc) is 2.84. The van der Waals surface area contributed by atoms with E-state index >= 15 is 0 Å². The molecule has 0 spiro atoms. The monoisotopic (exact) mass is 281 g/mol.